The SMILES string of the molecule is Cc1cc(OCC(F)(F)F)c(O)c(OCC(F)(F)F)c1. The molecule has 1 aromatic rings. The predicted molar refractivity (Wildman–Crippen MR) is 55.9 cm³/mol. The lowest BCUT2D eigenvalue weighted by Gasteiger charge is -2.15. The number of halogens is 6. The highest BCUT2D eigenvalue weighted by molar-refractivity contribution is 5.52. The summed E-state index contributed by atoms with van der Waals surface area (Å²) in [6.45, 7) is -1.95. The zero-order valence-corrected chi connectivity index (χ0v) is 10.1. The van der Waals surface area contributed by atoms with E-state index in [4.69, 9.17) is 0 Å². The second-order valence-electron chi connectivity index (χ2n) is 3.92. The van der Waals surface area contributed by atoms with Crippen molar-refractivity contribution in [3.63, 3.8) is 0 Å². The number of rotatable bonds is 4. The summed E-state index contributed by atoms with van der Waals surface area (Å²) in [5.41, 5.74) is 0.275. The molecule has 0 heterocycles. The van der Waals surface area contributed by atoms with E-state index in [1.165, 1.54) is 6.92 Å². The van der Waals surface area contributed by atoms with Crippen LogP contribution in [0.4, 0.5) is 26.3 Å². The molecule has 0 fully saturated rings. The quantitative estimate of drug-likeness (QED) is 0.864. The van der Waals surface area contributed by atoms with Gasteiger partial charge in [0, 0.05) is 0 Å². The Hall–Kier alpha value is -1.80. The van der Waals surface area contributed by atoms with Crippen molar-refractivity contribution in [1.29, 1.82) is 0 Å². The topological polar surface area (TPSA) is 38.7 Å². The number of alkyl halides is 6. The van der Waals surface area contributed by atoms with E-state index in [0.29, 0.717) is 0 Å². The summed E-state index contributed by atoms with van der Waals surface area (Å²) in [5, 5.41) is 9.52. The van der Waals surface area contributed by atoms with E-state index in [-0.39, 0.29) is 5.56 Å². The van der Waals surface area contributed by atoms with Crippen LogP contribution in [0.3, 0.4) is 0 Å². The van der Waals surface area contributed by atoms with E-state index in [2.05, 4.69) is 9.47 Å². The monoisotopic (exact) mass is 304 g/mol. The maximum atomic E-state index is 12.0. The van der Waals surface area contributed by atoms with E-state index >= 15 is 0 Å². The summed E-state index contributed by atoms with van der Waals surface area (Å²) in [5.74, 6) is -2.11. The van der Waals surface area contributed by atoms with Crippen LogP contribution in [0.15, 0.2) is 12.1 Å². The first-order valence-electron chi connectivity index (χ1n) is 5.20. The molecule has 1 N–H and O–H groups in total. The van der Waals surface area contributed by atoms with Crippen LogP contribution in [0.5, 0.6) is 17.2 Å². The summed E-state index contributed by atoms with van der Waals surface area (Å²) in [6, 6.07) is 2.11. The number of benzene rings is 1. The highest BCUT2D eigenvalue weighted by Gasteiger charge is 2.31. The Balaban J connectivity index is 2.89. The molecule has 0 radical (unpaired) electrons. The summed E-state index contributed by atoms with van der Waals surface area (Å²) < 4.78 is 80.6. The molecule has 9 heteroatoms. The normalized spacial score (nSPS) is 12.3. The van der Waals surface area contributed by atoms with Crippen LogP contribution in [0.2, 0.25) is 0 Å². The highest BCUT2D eigenvalue weighted by atomic mass is 19.4. The summed E-state index contributed by atoms with van der Waals surface area (Å²) in [6.07, 6.45) is -9.27. The fourth-order valence-electron chi connectivity index (χ4n) is 1.25. The summed E-state index contributed by atoms with van der Waals surface area (Å²) in [7, 11) is 0. The average Bonchev–Trinajstić information content (AvgIpc) is 2.25. The fourth-order valence-corrected chi connectivity index (χ4v) is 1.25. The molecule has 0 aliphatic carbocycles. The number of ether oxygens (including phenoxy) is 2. The van der Waals surface area contributed by atoms with E-state index < -0.39 is 42.8 Å². The van der Waals surface area contributed by atoms with Crippen molar-refractivity contribution >= 4 is 0 Å². The zero-order valence-electron chi connectivity index (χ0n) is 10.1. The molecule has 0 saturated heterocycles. The third-order valence-electron chi connectivity index (χ3n) is 1.97. The maximum Gasteiger partial charge on any atom is 0.422 e. The Morgan fingerprint density at radius 1 is 0.900 bits per heavy atom. The molecular formula is C11H10F6O3. The zero-order chi connectivity index (χ0) is 15.6. The van der Waals surface area contributed by atoms with E-state index in [0.717, 1.165) is 12.1 Å². The number of aromatic hydroxyl groups is 1. The number of phenolic OH excluding ortho intramolecular Hbond substituents is 1. The summed E-state index contributed by atoms with van der Waals surface area (Å²) in [4.78, 5) is 0. The van der Waals surface area contributed by atoms with Crippen LogP contribution in [-0.4, -0.2) is 30.7 Å². The van der Waals surface area contributed by atoms with Crippen molar-refractivity contribution in [2.75, 3.05) is 13.2 Å². The van der Waals surface area contributed by atoms with E-state index in [1.807, 2.05) is 0 Å². The molecule has 0 spiro atoms. The van der Waals surface area contributed by atoms with Crippen molar-refractivity contribution in [2.45, 2.75) is 19.3 Å². The molecule has 0 saturated carbocycles. The minimum Gasteiger partial charge on any atom is -0.502 e. The molecule has 3 nitrogen and oxygen atoms in total. The van der Waals surface area contributed by atoms with Crippen molar-refractivity contribution < 1.29 is 40.9 Å². The molecule has 0 bridgehead atoms. The first kappa shape index (κ1) is 16.3. The molecule has 0 aliphatic heterocycles. The van der Waals surface area contributed by atoms with Crippen LogP contribution in [0, 0.1) is 6.92 Å². The Kier molecular flexibility index (Phi) is 4.61. The predicted octanol–water partition coefficient (Wildman–Crippen LogP) is 3.58. The van der Waals surface area contributed by atoms with Gasteiger partial charge in [-0.1, -0.05) is 0 Å². The van der Waals surface area contributed by atoms with Crippen molar-refractivity contribution in [2.24, 2.45) is 0 Å². The molecule has 0 aliphatic rings. The van der Waals surface area contributed by atoms with Gasteiger partial charge in [0.25, 0.3) is 0 Å². The lowest BCUT2D eigenvalue weighted by atomic mass is 10.2. The van der Waals surface area contributed by atoms with Gasteiger partial charge in [-0.2, -0.15) is 26.3 Å². The number of hydrogen-bond donors (Lipinski definition) is 1. The maximum absolute atomic E-state index is 12.0. The van der Waals surface area contributed by atoms with Crippen LogP contribution in [-0.2, 0) is 0 Å². The number of phenols is 1. The van der Waals surface area contributed by atoms with Gasteiger partial charge in [0.2, 0.25) is 5.75 Å². The molecular weight excluding hydrogens is 294 g/mol. The van der Waals surface area contributed by atoms with Gasteiger partial charge in [-0.05, 0) is 24.6 Å². The van der Waals surface area contributed by atoms with Gasteiger partial charge < -0.3 is 14.6 Å². The second kappa shape index (κ2) is 5.68. The molecule has 1 aromatic carbocycles. The minimum atomic E-state index is -4.64. The smallest absolute Gasteiger partial charge is 0.422 e. The molecule has 0 unspecified atom stereocenters. The Bertz CT molecular complexity index is 427. The van der Waals surface area contributed by atoms with E-state index in [9.17, 15) is 31.4 Å². The molecule has 0 atom stereocenters. The third-order valence-corrected chi connectivity index (χ3v) is 1.97. The standard InChI is InChI=1S/C11H10F6O3/c1-6-2-7(19-4-10(12,13)14)9(18)8(3-6)20-5-11(15,16)17/h2-3,18H,4-5H2,1H3. The number of hydrogen-bond acceptors (Lipinski definition) is 3. The highest BCUT2D eigenvalue weighted by Crippen LogP contribution is 2.38. The van der Waals surface area contributed by atoms with Gasteiger partial charge in [0.1, 0.15) is 0 Å². The van der Waals surface area contributed by atoms with Gasteiger partial charge in [-0.25, -0.2) is 0 Å². The molecule has 20 heavy (non-hydrogen) atoms. The van der Waals surface area contributed by atoms with Crippen molar-refractivity contribution in [1.82, 2.24) is 0 Å². The Labute approximate surface area is 109 Å². The fraction of sp³-hybridized carbons (Fsp3) is 0.455. The number of aryl methyl sites for hydroxylation is 1. The van der Waals surface area contributed by atoms with Gasteiger partial charge >= 0.3 is 12.4 Å². The van der Waals surface area contributed by atoms with Gasteiger partial charge in [-0.3, -0.25) is 0 Å². The Morgan fingerprint density at radius 2 is 1.25 bits per heavy atom. The molecule has 1 rings (SSSR count). The molecule has 0 aromatic heterocycles. The average molecular weight is 304 g/mol. The lowest BCUT2D eigenvalue weighted by molar-refractivity contribution is -0.154. The minimum absolute atomic E-state index is 0.275. The van der Waals surface area contributed by atoms with Crippen LogP contribution >= 0.6 is 0 Å². The lowest BCUT2D eigenvalue weighted by Crippen LogP contribution is -2.20. The first-order valence-corrected chi connectivity index (χ1v) is 5.20. The van der Waals surface area contributed by atoms with Crippen LogP contribution in [0.1, 0.15) is 5.56 Å². The molecule has 114 valence electrons. The summed E-state index contributed by atoms with van der Waals surface area (Å²) >= 11 is 0. The molecule has 0 amide bonds. The van der Waals surface area contributed by atoms with Crippen LogP contribution in [0.25, 0.3) is 0 Å². The van der Waals surface area contributed by atoms with Gasteiger partial charge in [0.15, 0.2) is 24.7 Å². The first-order chi connectivity index (χ1) is 8.98. The third kappa shape index (κ3) is 5.45. The van der Waals surface area contributed by atoms with Crippen molar-refractivity contribution in [3.8, 4) is 17.2 Å². The largest absolute Gasteiger partial charge is 0.502 e. The Morgan fingerprint density at radius 3 is 1.55 bits per heavy atom. The van der Waals surface area contributed by atoms with Gasteiger partial charge in [-0.15, -0.1) is 0 Å². The van der Waals surface area contributed by atoms with Gasteiger partial charge in [0.05, 0.1) is 0 Å². The van der Waals surface area contributed by atoms with Crippen molar-refractivity contribution in [3.05, 3.63) is 17.7 Å². The second-order valence-corrected chi connectivity index (χ2v) is 3.92. The van der Waals surface area contributed by atoms with Crippen LogP contribution < -0.4 is 9.47 Å². The van der Waals surface area contributed by atoms with E-state index in [1.54, 1.807) is 0 Å².